The fourth-order valence-corrected chi connectivity index (χ4v) is 2.29. The summed E-state index contributed by atoms with van der Waals surface area (Å²) in [5.41, 5.74) is 0. The highest BCUT2D eigenvalue weighted by atomic mass is 16.2. The molecule has 0 saturated heterocycles. The summed E-state index contributed by atoms with van der Waals surface area (Å²) < 4.78 is 0. The molecule has 1 amide bonds. The van der Waals surface area contributed by atoms with Crippen molar-refractivity contribution in [2.45, 2.75) is 38.1 Å². The molecule has 0 aromatic carbocycles. The van der Waals surface area contributed by atoms with E-state index in [0.29, 0.717) is 12.6 Å². The molecule has 0 spiro atoms. The average Bonchev–Trinajstić information content (AvgIpc) is 2.30. The van der Waals surface area contributed by atoms with Crippen molar-refractivity contribution in [2.24, 2.45) is 0 Å². The first-order valence-electron chi connectivity index (χ1n) is 6.49. The molecule has 1 aliphatic rings. The highest BCUT2D eigenvalue weighted by Gasteiger charge is 2.16. The van der Waals surface area contributed by atoms with E-state index in [1.807, 2.05) is 17.1 Å². The lowest BCUT2D eigenvalue weighted by molar-refractivity contribution is -0.122. The Labute approximate surface area is 105 Å². The Morgan fingerprint density at radius 3 is 2.29 bits per heavy atom. The highest BCUT2D eigenvalue weighted by Crippen LogP contribution is 2.17. The SMILES string of the molecule is C=CCN(CC=C)CC(=O)NC1CCCCC1. The summed E-state index contributed by atoms with van der Waals surface area (Å²) in [4.78, 5) is 13.9. The van der Waals surface area contributed by atoms with Crippen molar-refractivity contribution in [1.29, 1.82) is 0 Å². The molecule has 0 aromatic heterocycles. The first-order chi connectivity index (χ1) is 8.26. The number of hydrogen-bond acceptors (Lipinski definition) is 2. The molecule has 0 unspecified atom stereocenters. The quantitative estimate of drug-likeness (QED) is 0.687. The van der Waals surface area contributed by atoms with Crippen LogP contribution in [0.25, 0.3) is 0 Å². The molecule has 3 nitrogen and oxygen atoms in total. The lowest BCUT2D eigenvalue weighted by atomic mass is 9.95. The van der Waals surface area contributed by atoms with Crippen molar-refractivity contribution >= 4 is 5.91 Å². The van der Waals surface area contributed by atoms with Gasteiger partial charge >= 0.3 is 0 Å². The van der Waals surface area contributed by atoms with Crippen LogP contribution in [-0.4, -0.2) is 36.5 Å². The number of nitrogens with one attached hydrogen (secondary N) is 1. The van der Waals surface area contributed by atoms with Crippen LogP contribution in [0.3, 0.4) is 0 Å². The van der Waals surface area contributed by atoms with Gasteiger partial charge < -0.3 is 5.32 Å². The van der Waals surface area contributed by atoms with Gasteiger partial charge in [0.2, 0.25) is 5.91 Å². The van der Waals surface area contributed by atoms with Gasteiger partial charge in [0.1, 0.15) is 0 Å². The average molecular weight is 236 g/mol. The van der Waals surface area contributed by atoms with Crippen LogP contribution in [0.2, 0.25) is 0 Å². The van der Waals surface area contributed by atoms with Crippen LogP contribution in [0.5, 0.6) is 0 Å². The van der Waals surface area contributed by atoms with Gasteiger partial charge in [-0.3, -0.25) is 9.69 Å². The number of amides is 1. The third kappa shape index (κ3) is 5.68. The second kappa shape index (κ2) is 8.07. The van der Waals surface area contributed by atoms with Gasteiger partial charge in [0.25, 0.3) is 0 Å². The van der Waals surface area contributed by atoms with E-state index in [4.69, 9.17) is 0 Å². The summed E-state index contributed by atoms with van der Waals surface area (Å²) in [7, 11) is 0. The minimum absolute atomic E-state index is 0.126. The van der Waals surface area contributed by atoms with Crippen LogP contribution >= 0.6 is 0 Å². The second-order valence-corrected chi connectivity index (χ2v) is 4.67. The molecule has 1 N–H and O–H groups in total. The van der Waals surface area contributed by atoms with Gasteiger partial charge in [-0.15, -0.1) is 13.2 Å². The van der Waals surface area contributed by atoms with Crippen molar-refractivity contribution in [1.82, 2.24) is 10.2 Å². The maximum absolute atomic E-state index is 11.8. The lowest BCUT2D eigenvalue weighted by Gasteiger charge is -2.25. The summed E-state index contributed by atoms with van der Waals surface area (Å²) in [6.45, 7) is 9.29. The Morgan fingerprint density at radius 1 is 1.18 bits per heavy atom. The van der Waals surface area contributed by atoms with Gasteiger partial charge in [-0.05, 0) is 12.8 Å². The van der Waals surface area contributed by atoms with Crippen LogP contribution in [0.1, 0.15) is 32.1 Å². The van der Waals surface area contributed by atoms with Crippen molar-refractivity contribution in [3.05, 3.63) is 25.3 Å². The van der Waals surface area contributed by atoms with E-state index < -0.39 is 0 Å². The molecule has 1 fully saturated rings. The summed E-state index contributed by atoms with van der Waals surface area (Å²) in [6.07, 6.45) is 9.70. The van der Waals surface area contributed by atoms with Crippen LogP contribution in [-0.2, 0) is 4.79 Å². The van der Waals surface area contributed by atoms with Crippen LogP contribution in [0, 0.1) is 0 Å². The molecule has 3 heteroatoms. The zero-order valence-electron chi connectivity index (χ0n) is 10.7. The molecule has 0 heterocycles. The minimum Gasteiger partial charge on any atom is -0.352 e. The van der Waals surface area contributed by atoms with Crippen molar-refractivity contribution in [3.63, 3.8) is 0 Å². The maximum atomic E-state index is 11.8. The third-order valence-corrected chi connectivity index (χ3v) is 3.11. The molecular formula is C14H24N2O. The largest absolute Gasteiger partial charge is 0.352 e. The van der Waals surface area contributed by atoms with Crippen molar-refractivity contribution in [3.8, 4) is 0 Å². The van der Waals surface area contributed by atoms with Gasteiger partial charge in [-0.25, -0.2) is 0 Å². The number of carbonyl (C=O) groups excluding carboxylic acids is 1. The van der Waals surface area contributed by atoms with E-state index >= 15 is 0 Å². The molecule has 0 radical (unpaired) electrons. The van der Waals surface area contributed by atoms with Crippen molar-refractivity contribution < 1.29 is 4.79 Å². The fraction of sp³-hybridized carbons (Fsp3) is 0.643. The van der Waals surface area contributed by atoms with E-state index in [-0.39, 0.29) is 5.91 Å². The molecule has 0 atom stereocenters. The van der Waals surface area contributed by atoms with E-state index in [0.717, 1.165) is 25.9 Å². The van der Waals surface area contributed by atoms with Gasteiger partial charge in [0.05, 0.1) is 6.54 Å². The Balaban J connectivity index is 2.29. The van der Waals surface area contributed by atoms with Crippen LogP contribution in [0.15, 0.2) is 25.3 Å². The van der Waals surface area contributed by atoms with Crippen LogP contribution < -0.4 is 5.32 Å². The van der Waals surface area contributed by atoms with Crippen molar-refractivity contribution in [2.75, 3.05) is 19.6 Å². The van der Waals surface area contributed by atoms with Gasteiger partial charge in [0, 0.05) is 19.1 Å². The van der Waals surface area contributed by atoms with Crippen LogP contribution in [0.4, 0.5) is 0 Å². The predicted molar refractivity (Wildman–Crippen MR) is 71.8 cm³/mol. The van der Waals surface area contributed by atoms with E-state index in [2.05, 4.69) is 18.5 Å². The van der Waals surface area contributed by atoms with Gasteiger partial charge in [-0.2, -0.15) is 0 Å². The van der Waals surface area contributed by atoms with Gasteiger partial charge in [-0.1, -0.05) is 31.4 Å². The molecule has 17 heavy (non-hydrogen) atoms. The normalized spacial score (nSPS) is 16.8. The fourth-order valence-electron chi connectivity index (χ4n) is 2.29. The molecule has 1 aliphatic carbocycles. The topological polar surface area (TPSA) is 32.3 Å². The van der Waals surface area contributed by atoms with E-state index in [1.54, 1.807) is 0 Å². The lowest BCUT2D eigenvalue weighted by Crippen LogP contribution is -2.42. The standard InChI is InChI=1S/C14H24N2O/c1-3-10-16(11-4-2)12-14(17)15-13-8-6-5-7-9-13/h3-4,13H,1-2,5-12H2,(H,15,17). The first kappa shape index (κ1) is 14.0. The molecular weight excluding hydrogens is 212 g/mol. The Hall–Kier alpha value is -1.09. The molecule has 1 saturated carbocycles. The Morgan fingerprint density at radius 2 is 1.76 bits per heavy atom. The van der Waals surface area contributed by atoms with E-state index in [9.17, 15) is 4.79 Å². The van der Waals surface area contributed by atoms with E-state index in [1.165, 1.54) is 19.3 Å². The summed E-state index contributed by atoms with van der Waals surface area (Å²) in [5, 5.41) is 3.12. The number of hydrogen-bond donors (Lipinski definition) is 1. The first-order valence-corrected chi connectivity index (χ1v) is 6.49. The summed E-state index contributed by atoms with van der Waals surface area (Å²) in [5.74, 6) is 0.126. The monoisotopic (exact) mass is 236 g/mol. The zero-order chi connectivity index (χ0) is 12.5. The molecule has 1 rings (SSSR count). The number of carbonyl (C=O) groups is 1. The molecule has 0 bridgehead atoms. The molecule has 0 aromatic rings. The zero-order valence-corrected chi connectivity index (χ0v) is 10.7. The summed E-state index contributed by atoms with van der Waals surface area (Å²) in [6, 6.07) is 0.394. The third-order valence-electron chi connectivity index (χ3n) is 3.11. The molecule has 96 valence electrons. The maximum Gasteiger partial charge on any atom is 0.234 e. The predicted octanol–water partition coefficient (Wildman–Crippen LogP) is 2.11. The Kier molecular flexibility index (Phi) is 6.63. The minimum atomic E-state index is 0.126. The highest BCUT2D eigenvalue weighted by molar-refractivity contribution is 5.78. The van der Waals surface area contributed by atoms with Gasteiger partial charge in [0.15, 0.2) is 0 Å². The number of nitrogens with zero attached hydrogens (tertiary/aromatic N) is 1. The second-order valence-electron chi connectivity index (χ2n) is 4.67. The smallest absolute Gasteiger partial charge is 0.234 e. The molecule has 0 aliphatic heterocycles. The number of rotatable bonds is 7. The summed E-state index contributed by atoms with van der Waals surface area (Å²) >= 11 is 0. The Bertz CT molecular complexity index is 247.